The summed E-state index contributed by atoms with van der Waals surface area (Å²) in [6.45, 7) is 6.43. The van der Waals surface area contributed by atoms with Crippen LogP contribution < -0.4 is 14.3 Å². The second kappa shape index (κ2) is 8.14. The molecule has 0 aliphatic rings. The van der Waals surface area contributed by atoms with Crippen LogP contribution in [0.25, 0.3) is 0 Å². The van der Waals surface area contributed by atoms with E-state index in [1.165, 1.54) is 10.5 Å². The van der Waals surface area contributed by atoms with E-state index in [2.05, 4.69) is 23.1 Å². The molecule has 0 aliphatic heterocycles. The van der Waals surface area contributed by atoms with Crippen molar-refractivity contribution in [2.75, 3.05) is 25.1 Å². The molecule has 0 unspecified atom stereocenters. The molecule has 114 valence electrons. The Kier molecular flexibility index (Phi) is 6.20. The van der Waals surface area contributed by atoms with E-state index in [1.807, 2.05) is 24.3 Å². The molecule has 0 bridgehead atoms. The van der Waals surface area contributed by atoms with Crippen LogP contribution in [0.1, 0.15) is 26.7 Å². The second-order valence-electron chi connectivity index (χ2n) is 4.67. The summed E-state index contributed by atoms with van der Waals surface area (Å²) in [5, 5.41) is 0. The molecule has 0 amide bonds. The van der Waals surface area contributed by atoms with Crippen LogP contribution in [0.5, 0.6) is 5.75 Å². The smallest absolute Gasteiger partial charge is 0.179 e. The van der Waals surface area contributed by atoms with Crippen LogP contribution in [0, 0.1) is 0 Å². The Labute approximate surface area is 133 Å². The number of ether oxygens (including phenoxy) is 1. The highest BCUT2D eigenvalue weighted by atomic mass is 32.9. The van der Waals surface area contributed by atoms with E-state index in [0.29, 0.717) is 0 Å². The van der Waals surface area contributed by atoms with E-state index in [1.54, 1.807) is 17.5 Å². The molecule has 0 saturated carbocycles. The van der Waals surface area contributed by atoms with E-state index in [-0.39, 0.29) is 0 Å². The van der Waals surface area contributed by atoms with Crippen molar-refractivity contribution >= 4 is 32.4 Å². The molecular weight excluding hydrogens is 302 g/mol. The number of rotatable bonds is 7. The Hall–Kier alpha value is -1.40. The van der Waals surface area contributed by atoms with Gasteiger partial charge in [-0.3, -0.25) is 0 Å². The predicted molar refractivity (Wildman–Crippen MR) is 91.0 cm³/mol. The van der Waals surface area contributed by atoms with E-state index in [4.69, 9.17) is 9.73 Å². The SMILES string of the molecule is CCCN(CCC)c1nssc1=Nc1ccc(OC)cc1. The molecule has 1 aromatic heterocycles. The maximum absolute atomic E-state index is 5.17. The third-order valence-electron chi connectivity index (χ3n) is 3.02. The summed E-state index contributed by atoms with van der Waals surface area (Å²) in [6.07, 6.45) is 2.23. The van der Waals surface area contributed by atoms with Crippen LogP contribution in [0.15, 0.2) is 29.3 Å². The van der Waals surface area contributed by atoms with Gasteiger partial charge in [-0.05, 0) is 47.4 Å². The quantitative estimate of drug-likeness (QED) is 0.721. The summed E-state index contributed by atoms with van der Waals surface area (Å²) in [6, 6.07) is 7.80. The second-order valence-corrected chi connectivity index (χ2v) is 6.51. The van der Waals surface area contributed by atoms with E-state index >= 15 is 0 Å². The standard InChI is InChI=1S/C15H21N3OS2/c1-4-10-18(11-5-2)14-15(20-21-17-14)16-12-6-8-13(19-3)9-7-12/h6-9H,4-5,10-11H2,1-3H3. The van der Waals surface area contributed by atoms with Crippen LogP contribution in [0.3, 0.4) is 0 Å². The minimum absolute atomic E-state index is 0.847. The molecule has 0 N–H and O–H groups in total. The predicted octanol–water partition coefficient (Wildman–Crippen LogP) is 4.07. The van der Waals surface area contributed by atoms with Crippen molar-refractivity contribution in [3.8, 4) is 5.75 Å². The van der Waals surface area contributed by atoms with Crippen LogP contribution in [0.2, 0.25) is 0 Å². The Morgan fingerprint density at radius 2 is 1.81 bits per heavy atom. The average Bonchev–Trinajstić information content (AvgIpc) is 2.96. The molecule has 0 spiro atoms. The van der Waals surface area contributed by atoms with Crippen molar-refractivity contribution in [3.05, 3.63) is 28.9 Å². The van der Waals surface area contributed by atoms with Crippen LogP contribution in [-0.2, 0) is 0 Å². The molecule has 4 nitrogen and oxygen atoms in total. The summed E-state index contributed by atoms with van der Waals surface area (Å²) >= 11 is 0. The monoisotopic (exact) mass is 323 g/mol. The first-order chi connectivity index (χ1) is 10.3. The van der Waals surface area contributed by atoms with E-state index < -0.39 is 0 Å². The lowest BCUT2D eigenvalue weighted by Gasteiger charge is -2.20. The number of hydrogen-bond donors (Lipinski definition) is 0. The van der Waals surface area contributed by atoms with Gasteiger partial charge in [0.15, 0.2) is 10.5 Å². The van der Waals surface area contributed by atoms with Gasteiger partial charge in [0.2, 0.25) is 0 Å². The van der Waals surface area contributed by atoms with Crippen molar-refractivity contribution in [1.29, 1.82) is 0 Å². The number of aromatic nitrogens is 1. The lowest BCUT2D eigenvalue weighted by molar-refractivity contribution is 0.415. The fourth-order valence-electron chi connectivity index (χ4n) is 2.06. The first-order valence-electron chi connectivity index (χ1n) is 7.18. The first-order valence-corrected chi connectivity index (χ1v) is 9.28. The highest BCUT2D eigenvalue weighted by Crippen LogP contribution is 2.19. The van der Waals surface area contributed by atoms with Crippen molar-refractivity contribution in [2.45, 2.75) is 26.7 Å². The number of nitrogens with zero attached hydrogens (tertiary/aromatic N) is 3. The highest BCUT2D eigenvalue weighted by molar-refractivity contribution is 7.66. The van der Waals surface area contributed by atoms with Crippen molar-refractivity contribution in [1.82, 2.24) is 4.37 Å². The largest absolute Gasteiger partial charge is 0.497 e. The topological polar surface area (TPSA) is 37.7 Å². The molecule has 0 atom stereocenters. The van der Waals surface area contributed by atoms with Crippen molar-refractivity contribution in [3.63, 3.8) is 0 Å². The molecule has 0 fully saturated rings. The Balaban J connectivity index is 2.30. The molecule has 21 heavy (non-hydrogen) atoms. The van der Waals surface area contributed by atoms with E-state index in [0.717, 1.165) is 47.9 Å². The number of hydrogen-bond acceptors (Lipinski definition) is 6. The number of benzene rings is 1. The fourth-order valence-corrected chi connectivity index (χ4v) is 3.77. The van der Waals surface area contributed by atoms with Gasteiger partial charge in [0, 0.05) is 23.6 Å². The van der Waals surface area contributed by atoms with Gasteiger partial charge < -0.3 is 9.64 Å². The zero-order valence-corrected chi connectivity index (χ0v) is 14.3. The number of anilines is 1. The lowest BCUT2D eigenvalue weighted by atomic mass is 10.3. The minimum Gasteiger partial charge on any atom is -0.497 e. The molecule has 2 rings (SSSR count). The van der Waals surface area contributed by atoms with Gasteiger partial charge in [-0.1, -0.05) is 13.8 Å². The minimum atomic E-state index is 0.847. The third-order valence-corrected chi connectivity index (χ3v) is 4.70. The van der Waals surface area contributed by atoms with Crippen LogP contribution in [0.4, 0.5) is 11.5 Å². The lowest BCUT2D eigenvalue weighted by Crippen LogP contribution is -2.28. The van der Waals surface area contributed by atoms with Gasteiger partial charge in [0.05, 0.1) is 12.8 Å². The maximum atomic E-state index is 5.17. The Bertz CT molecular complexity index is 598. The summed E-state index contributed by atoms with van der Waals surface area (Å²) in [7, 11) is 4.80. The molecule has 1 aromatic carbocycles. The summed E-state index contributed by atoms with van der Waals surface area (Å²) in [5.74, 6) is 1.87. The van der Waals surface area contributed by atoms with Crippen LogP contribution >= 0.6 is 20.9 Å². The molecule has 2 aromatic rings. The molecule has 0 radical (unpaired) electrons. The first kappa shape index (κ1) is 16.0. The van der Waals surface area contributed by atoms with Gasteiger partial charge in [0.1, 0.15) is 5.75 Å². The normalized spacial score (nSPS) is 11.7. The maximum Gasteiger partial charge on any atom is 0.179 e. The summed E-state index contributed by atoms with van der Waals surface area (Å²) < 4.78 is 10.7. The van der Waals surface area contributed by atoms with Gasteiger partial charge in [-0.15, -0.1) is 0 Å². The van der Waals surface area contributed by atoms with E-state index in [9.17, 15) is 0 Å². The van der Waals surface area contributed by atoms with Crippen LogP contribution in [-0.4, -0.2) is 24.6 Å². The summed E-state index contributed by atoms with van der Waals surface area (Å²) in [5.41, 5.74) is 0.932. The van der Waals surface area contributed by atoms with Gasteiger partial charge in [-0.2, -0.15) is 4.37 Å². The molecular formula is C15H21N3OS2. The Morgan fingerprint density at radius 3 is 2.38 bits per heavy atom. The zero-order valence-electron chi connectivity index (χ0n) is 12.7. The van der Waals surface area contributed by atoms with Crippen molar-refractivity contribution in [2.24, 2.45) is 4.99 Å². The fraction of sp³-hybridized carbons (Fsp3) is 0.467. The zero-order chi connectivity index (χ0) is 15.1. The molecule has 0 aliphatic carbocycles. The highest BCUT2D eigenvalue weighted by Gasteiger charge is 2.10. The van der Waals surface area contributed by atoms with Gasteiger partial charge in [-0.25, -0.2) is 4.99 Å². The third kappa shape index (κ3) is 4.28. The number of methoxy groups -OCH3 is 1. The van der Waals surface area contributed by atoms with Crippen molar-refractivity contribution < 1.29 is 4.74 Å². The average molecular weight is 323 g/mol. The molecule has 0 saturated heterocycles. The molecule has 6 heteroatoms. The molecule has 1 heterocycles. The van der Waals surface area contributed by atoms with Gasteiger partial charge in [0.25, 0.3) is 0 Å². The summed E-state index contributed by atoms with van der Waals surface area (Å²) in [4.78, 5) is 7.06. The van der Waals surface area contributed by atoms with Gasteiger partial charge >= 0.3 is 0 Å². The Morgan fingerprint density at radius 1 is 1.14 bits per heavy atom.